The first-order valence-electron chi connectivity index (χ1n) is 6.46. The van der Waals surface area contributed by atoms with E-state index in [1.54, 1.807) is 0 Å². The number of rotatable bonds is 5. The van der Waals surface area contributed by atoms with E-state index in [1.807, 2.05) is 0 Å². The summed E-state index contributed by atoms with van der Waals surface area (Å²) < 4.78 is 26.8. The van der Waals surface area contributed by atoms with Crippen LogP contribution in [-0.4, -0.2) is 23.3 Å². The summed E-state index contributed by atoms with van der Waals surface area (Å²) in [6.45, 7) is 0.0515. The maximum Gasteiger partial charge on any atom is 0.269 e. The molecule has 114 valence electrons. The van der Waals surface area contributed by atoms with Gasteiger partial charge >= 0.3 is 0 Å². The van der Waals surface area contributed by atoms with Crippen LogP contribution in [0.2, 0.25) is 0 Å². The van der Waals surface area contributed by atoms with Gasteiger partial charge in [-0.2, -0.15) is 0 Å². The van der Waals surface area contributed by atoms with Gasteiger partial charge in [-0.15, -0.1) is 0 Å². The Hall–Kier alpha value is -2.83. The van der Waals surface area contributed by atoms with E-state index in [1.165, 1.54) is 24.4 Å². The van der Waals surface area contributed by atoms with Crippen LogP contribution in [-0.2, 0) is 6.42 Å². The van der Waals surface area contributed by atoms with E-state index in [0.717, 1.165) is 12.1 Å². The van der Waals surface area contributed by atoms with Gasteiger partial charge in [-0.3, -0.25) is 14.6 Å². The number of aromatic nitrogens is 1. The van der Waals surface area contributed by atoms with Crippen molar-refractivity contribution in [1.82, 2.24) is 10.3 Å². The molecule has 0 unspecified atom stereocenters. The fraction of sp³-hybridized carbons (Fsp3) is 0.133. The Morgan fingerprint density at radius 1 is 1.14 bits per heavy atom. The predicted octanol–water partition coefficient (Wildman–Crippen LogP) is 1.43. The zero-order valence-corrected chi connectivity index (χ0v) is 11.5. The minimum atomic E-state index is -0.654. The number of hydrogen-bond donors (Lipinski definition) is 2. The topological polar surface area (TPSA) is 85.1 Å². The van der Waals surface area contributed by atoms with Crippen LogP contribution in [0.4, 0.5) is 8.78 Å². The zero-order chi connectivity index (χ0) is 16.1. The van der Waals surface area contributed by atoms with Crippen LogP contribution in [0.1, 0.15) is 26.4 Å². The maximum atomic E-state index is 13.4. The van der Waals surface area contributed by atoms with Crippen molar-refractivity contribution in [3.8, 4) is 0 Å². The van der Waals surface area contributed by atoms with Crippen molar-refractivity contribution in [2.75, 3.05) is 6.54 Å². The van der Waals surface area contributed by atoms with Gasteiger partial charge in [0.05, 0.1) is 5.56 Å². The summed E-state index contributed by atoms with van der Waals surface area (Å²) in [5.74, 6) is -2.46. The summed E-state index contributed by atoms with van der Waals surface area (Å²) >= 11 is 0. The number of nitrogens with zero attached hydrogens (tertiary/aromatic N) is 1. The molecule has 0 fully saturated rings. The van der Waals surface area contributed by atoms with Gasteiger partial charge in [0.2, 0.25) is 5.91 Å². The number of nitrogens with one attached hydrogen (secondary N) is 1. The van der Waals surface area contributed by atoms with Crippen LogP contribution in [0.15, 0.2) is 36.5 Å². The van der Waals surface area contributed by atoms with Crippen LogP contribution in [0, 0.1) is 11.6 Å². The van der Waals surface area contributed by atoms with Gasteiger partial charge < -0.3 is 11.1 Å². The number of benzene rings is 1. The molecule has 7 heteroatoms. The Bertz CT molecular complexity index is 682. The lowest BCUT2D eigenvalue weighted by Crippen LogP contribution is -2.27. The molecular weight excluding hydrogens is 292 g/mol. The molecule has 0 aliphatic heterocycles. The molecule has 0 spiro atoms. The van der Waals surface area contributed by atoms with Gasteiger partial charge in [0.25, 0.3) is 5.91 Å². The van der Waals surface area contributed by atoms with Crippen molar-refractivity contribution in [2.45, 2.75) is 6.42 Å². The SMILES string of the molecule is NC(=O)c1ccc(C(=O)NCCc2c(F)cccc2F)nc1. The van der Waals surface area contributed by atoms with Crippen molar-refractivity contribution >= 4 is 11.8 Å². The molecule has 5 nitrogen and oxygen atoms in total. The van der Waals surface area contributed by atoms with Crippen LogP contribution >= 0.6 is 0 Å². The summed E-state index contributed by atoms with van der Waals surface area (Å²) in [7, 11) is 0. The predicted molar refractivity (Wildman–Crippen MR) is 75.2 cm³/mol. The van der Waals surface area contributed by atoms with Crippen molar-refractivity contribution < 1.29 is 18.4 Å². The molecule has 0 atom stereocenters. The highest BCUT2D eigenvalue weighted by atomic mass is 19.1. The molecule has 0 saturated carbocycles. The molecular formula is C15H13F2N3O2. The number of carbonyl (C=O) groups excluding carboxylic acids is 2. The van der Waals surface area contributed by atoms with E-state index in [-0.39, 0.29) is 29.8 Å². The minimum Gasteiger partial charge on any atom is -0.366 e. The van der Waals surface area contributed by atoms with Crippen LogP contribution in [0.3, 0.4) is 0 Å². The highest BCUT2D eigenvalue weighted by molar-refractivity contribution is 5.95. The third kappa shape index (κ3) is 3.63. The van der Waals surface area contributed by atoms with Crippen molar-refractivity contribution in [1.29, 1.82) is 0 Å². The van der Waals surface area contributed by atoms with E-state index < -0.39 is 23.4 Å². The van der Waals surface area contributed by atoms with Crippen molar-refractivity contribution in [2.24, 2.45) is 5.73 Å². The van der Waals surface area contributed by atoms with Crippen molar-refractivity contribution in [3.05, 3.63) is 65.0 Å². The number of nitrogens with two attached hydrogens (primary N) is 1. The quantitative estimate of drug-likeness (QED) is 0.876. The number of primary amides is 1. The average Bonchev–Trinajstić information content (AvgIpc) is 2.50. The van der Waals surface area contributed by atoms with Gasteiger partial charge in [0, 0.05) is 18.3 Å². The Morgan fingerprint density at radius 2 is 1.82 bits per heavy atom. The molecule has 0 aliphatic rings. The monoisotopic (exact) mass is 305 g/mol. The first-order valence-corrected chi connectivity index (χ1v) is 6.46. The molecule has 2 rings (SSSR count). The smallest absolute Gasteiger partial charge is 0.269 e. The summed E-state index contributed by atoms with van der Waals surface area (Å²) in [6, 6.07) is 6.31. The Balaban J connectivity index is 1.94. The van der Waals surface area contributed by atoms with Gasteiger partial charge in [0.15, 0.2) is 0 Å². The van der Waals surface area contributed by atoms with Crippen LogP contribution in [0.5, 0.6) is 0 Å². The number of amides is 2. The van der Waals surface area contributed by atoms with E-state index in [0.29, 0.717) is 0 Å². The number of pyridine rings is 1. The first-order chi connectivity index (χ1) is 10.5. The Morgan fingerprint density at radius 3 is 2.36 bits per heavy atom. The molecule has 3 N–H and O–H groups in total. The summed E-state index contributed by atoms with van der Waals surface area (Å²) in [4.78, 5) is 26.5. The molecule has 22 heavy (non-hydrogen) atoms. The fourth-order valence-electron chi connectivity index (χ4n) is 1.84. The highest BCUT2D eigenvalue weighted by Gasteiger charge is 2.11. The number of carbonyl (C=O) groups is 2. The molecule has 1 aromatic carbocycles. The third-order valence-electron chi connectivity index (χ3n) is 3.00. The van der Waals surface area contributed by atoms with Gasteiger partial charge in [-0.05, 0) is 30.7 Å². The Labute approximate surface area is 125 Å². The summed E-state index contributed by atoms with van der Waals surface area (Å²) in [5, 5.41) is 2.50. The lowest BCUT2D eigenvalue weighted by Gasteiger charge is -2.07. The second-order valence-corrected chi connectivity index (χ2v) is 4.50. The molecule has 0 aliphatic carbocycles. The fourth-order valence-corrected chi connectivity index (χ4v) is 1.84. The van der Waals surface area contributed by atoms with E-state index >= 15 is 0 Å². The van der Waals surface area contributed by atoms with E-state index in [2.05, 4.69) is 10.3 Å². The minimum absolute atomic E-state index is 0.0175. The Kier molecular flexibility index (Phi) is 4.77. The summed E-state index contributed by atoms with van der Waals surface area (Å²) in [5.41, 5.74) is 5.25. The van der Waals surface area contributed by atoms with Crippen LogP contribution in [0.25, 0.3) is 0 Å². The number of hydrogen-bond acceptors (Lipinski definition) is 3. The molecule has 2 amide bonds. The molecule has 0 saturated heterocycles. The standard InChI is InChI=1S/C15H13F2N3O2/c16-11-2-1-3-12(17)10(11)6-7-19-15(22)13-5-4-9(8-20-13)14(18)21/h1-5,8H,6-7H2,(H2,18,21)(H,19,22). The molecule has 0 radical (unpaired) electrons. The summed E-state index contributed by atoms with van der Waals surface area (Å²) in [6.07, 6.45) is 1.21. The lowest BCUT2D eigenvalue weighted by atomic mass is 10.1. The van der Waals surface area contributed by atoms with E-state index in [9.17, 15) is 18.4 Å². The zero-order valence-electron chi connectivity index (χ0n) is 11.5. The highest BCUT2D eigenvalue weighted by Crippen LogP contribution is 2.12. The van der Waals surface area contributed by atoms with Crippen molar-refractivity contribution in [3.63, 3.8) is 0 Å². The maximum absolute atomic E-state index is 13.4. The lowest BCUT2D eigenvalue weighted by molar-refractivity contribution is 0.0945. The first kappa shape index (κ1) is 15.6. The third-order valence-corrected chi connectivity index (χ3v) is 3.00. The van der Waals surface area contributed by atoms with E-state index in [4.69, 9.17) is 5.73 Å². The second kappa shape index (κ2) is 6.75. The molecule has 0 bridgehead atoms. The van der Waals surface area contributed by atoms with Gasteiger partial charge in [0.1, 0.15) is 17.3 Å². The van der Waals surface area contributed by atoms with Crippen LogP contribution < -0.4 is 11.1 Å². The van der Waals surface area contributed by atoms with Gasteiger partial charge in [-0.1, -0.05) is 6.07 Å². The second-order valence-electron chi connectivity index (χ2n) is 4.50. The number of halogens is 2. The van der Waals surface area contributed by atoms with Gasteiger partial charge in [-0.25, -0.2) is 8.78 Å². The molecule has 1 heterocycles. The average molecular weight is 305 g/mol. The molecule has 1 aromatic heterocycles. The molecule has 2 aromatic rings. The normalized spacial score (nSPS) is 10.3. The largest absolute Gasteiger partial charge is 0.366 e.